The van der Waals surface area contributed by atoms with Crippen molar-refractivity contribution in [3.8, 4) is 5.88 Å². The van der Waals surface area contributed by atoms with Crippen molar-refractivity contribution in [2.45, 2.75) is 20.3 Å². The lowest BCUT2D eigenvalue weighted by Crippen LogP contribution is -2.07. The van der Waals surface area contributed by atoms with Crippen molar-refractivity contribution in [1.82, 2.24) is 14.6 Å². The van der Waals surface area contributed by atoms with Crippen LogP contribution in [0.5, 0.6) is 5.88 Å². The molecule has 3 rings (SSSR count). The number of halogens is 1. The molecule has 0 saturated heterocycles. The Morgan fingerprint density at radius 3 is 2.71 bits per heavy atom. The van der Waals surface area contributed by atoms with Crippen LogP contribution in [-0.4, -0.2) is 32.3 Å². The summed E-state index contributed by atoms with van der Waals surface area (Å²) in [5.41, 5.74) is 2.76. The first kappa shape index (κ1) is 16.3. The van der Waals surface area contributed by atoms with Gasteiger partial charge in [-0.25, -0.2) is 9.78 Å². The molecule has 1 N–H and O–H groups in total. The molecule has 0 fully saturated rings. The maximum Gasteiger partial charge on any atom is 0.343 e. The summed E-state index contributed by atoms with van der Waals surface area (Å²) in [6.07, 6.45) is 1.83. The molecule has 3 aromatic rings. The van der Waals surface area contributed by atoms with Gasteiger partial charge in [-0.15, -0.1) is 0 Å². The molecule has 0 aliphatic rings. The summed E-state index contributed by atoms with van der Waals surface area (Å²) < 4.78 is 6.24. The Morgan fingerprint density at radius 2 is 2.04 bits per heavy atom. The fourth-order valence-corrected chi connectivity index (χ4v) is 2.61. The third-order valence-corrected chi connectivity index (χ3v) is 3.97. The number of fused-ring (bicyclic) bond motifs is 1. The van der Waals surface area contributed by atoms with Crippen molar-refractivity contribution in [3.05, 3.63) is 57.9 Å². The molecule has 7 heteroatoms. The Kier molecular flexibility index (Phi) is 4.40. The molecule has 2 heterocycles. The average molecular weight is 346 g/mol. The lowest BCUT2D eigenvalue weighted by atomic mass is 10.0. The number of aromatic hydroxyl groups is 1. The van der Waals surface area contributed by atoms with Crippen LogP contribution in [0, 0.1) is 6.92 Å². The number of aromatic nitrogens is 3. The van der Waals surface area contributed by atoms with Crippen molar-refractivity contribution in [2.24, 2.45) is 0 Å². The van der Waals surface area contributed by atoms with Crippen LogP contribution in [0.4, 0.5) is 0 Å². The van der Waals surface area contributed by atoms with Crippen LogP contribution in [0.1, 0.15) is 34.1 Å². The van der Waals surface area contributed by atoms with Crippen molar-refractivity contribution >= 4 is 23.2 Å². The topological polar surface area (TPSA) is 76.7 Å². The third-order valence-electron chi connectivity index (χ3n) is 3.71. The summed E-state index contributed by atoms with van der Waals surface area (Å²) in [7, 11) is 0. The Balaban J connectivity index is 2.04. The smallest absolute Gasteiger partial charge is 0.343 e. The molecule has 6 nitrogen and oxygen atoms in total. The fraction of sp³-hybridized carbons (Fsp3) is 0.235. The largest absolute Gasteiger partial charge is 0.493 e. The first-order chi connectivity index (χ1) is 11.5. The molecule has 0 unspecified atom stereocenters. The molecule has 0 spiro atoms. The van der Waals surface area contributed by atoms with E-state index in [1.54, 1.807) is 26.0 Å². The first-order valence-electron chi connectivity index (χ1n) is 7.49. The van der Waals surface area contributed by atoms with Crippen molar-refractivity contribution in [1.29, 1.82) is 0 Å². The molecule has 0 aliphatic carbocycles. The second-order valence-electron chi connectivity index (χ2n) is 5.32. The Bertz CT molecular complexity index is 904. The minimum atomic E-state index is -0.510. The van der Waals surface area contributed by atoms with Gasteiger partial charge in [0.2, 0.25) is 5.88 Å². The molecule has 0 atom stereocenters. The highest BCUT2D eigenvalue weighted by Gasteiger charge is 2.20. The molecule has 0 amide bonds. The van der Waals surface area contributed by atoms with E-state index in [4.69, 9.17) is 16.3 Å². The standard InChI is InChI=1S/C17H16ClN3O3/c1-3-24-17(23)14-9-19-21-15(14)20-10(2)13(16(21)22)8-11-4-6-12(18)7-5-11/h4-7,9,22H,3,8H2,1-2H3. The van der Waals surface area contributed by atoms with Crippen molar-refractivity contribution < 1.29 is 14.6 Å². The number of carbonyl (C=O) groups is 1. The predicted molar refractivity (Wildman–Crippen MR) is 89.6 cm³/mol. The molecule has 0 aliphatic heterocycles. The zero-order chi connectivity index (χ0) is 17.3. The van der Waals surface area contributed by atoms with E-state index in [1.165, 1.54) is 10.7 Å². The van der Waals surface area contributed by atoms with Gasteiger partial charge in [0.1, 0.15) is 5.56 Å². The molecular weight excluding hydrogens is 330 g/mol. The number of esters is 1. The van der Waals surface area contributed by atoms with E-state index in [2.05, 4.69) is 10.1 Å². The van der Waals surface area contributed by atoms with Gasteiger partial charge in [-0.1, -0.05) is 23.7 Å². The highest BCUT2D eigenvalue weighted by Crippen LogP contribution is 2.26. The summed E-state index contributed by atoms with van der Waals surface area (Å²) >= 11 is 5.89. The summed E-state index contributed by atoms with van der Waals surface area (Å²) in [5, 5.41) is 15.3. The molecule has 24 heavy (non-hydrogen) atoms. The zero-order valence-electron chi connectivity index (χ0n) is 13.3. The normalized spacial score (nSPS) is 11.0. The maximum atomic E-state index is 11.9. The molecule has 0 bridgehead atoms. The van der Waals surface area contributed by atoms with Crippen LogP contribution >= 0.6 is 11.6 Å². The molecule has 0 radical (unpaired) electrons. The Labute approximate surface area is 143 Å². The second-order valence-corrected chi connectivity index (χ2v) is 5.75. The van der Waals surface area contributed by atoms with Crippen LogP contribution in [0.15, 0.2) is 30.5 Å². The number of hydrogen-bond acceptors (Lipinski definition) is 5. The molecule has 124 valence electrons. The van der Waals surface area contributed by atoms with Gasteiger partial charge in [-0.2, -0.15) is 9.61 Å². The highest BCUT2D eigenvalue weighted by atomic mass is 35.5. The molecule has 0 saturated carbocycles. The lowest BCUT2D eigenvalue weighted by molar-refractivity contribution is 0.0528. The van der Waals surface area contributed by atoms with E-state index in [-0.39, 0.29) is 23.7 Å². The zero-order valence-corrected chi connectivity index (χ0v) is 14.0. The minimum absolute atomic E-state index is 0.0389. The van der Waals surface area contributed by atoms with Crippen LogP contribution in [0.3, 0.4) is 0 Å². The molecule has 1 aromatic carbocycles. The van der Waals surface area contributed by atoms with Gasteiger partial charge in [0, 0.05) is 22.7 Å². The number of benzene rings is 1. The fourth-order valence-electron chi connectivity index (χ4n) is 2.49. The Hall–Kier alpha value is -2.60. The number of hydrogen-bond donors (Lipinski definition) is 1. The average Bonchev–Trinajstić information content (AvgIpc) is 2.97. The number of ether oxygens (including phenoxy) is 1. The van der Waals surface area contributed by atoms with Crippen LogP contribution in [0.25, 0.3) is 5.65 Å². The van der Waals surface area contributed by atoms with Gasteiger partial charge in [0.05, 0.1) is 12.8 Å². The number of aryl methyl sites for hydroxylation is 1. The van der Waals surface area contributed by atoms with Crippen LogP contribution in [-0.2, 0) is 11.2 Å². The number of nitrogens with zero attached hydrogens (tertiary/aromatic N) is 3. The number of carbonyl (C=O) groups excluding carboxylic acids is 1. The van der Waals surface area contributed by atoms with Gasteiger partial charge >= 0.3 is 5.97 Å². The third kappa shape index (κ3) is 2.92. The van der Waals surface area contributed by atoms with Gasteiger partial charge in [0.15, 0.2) is 5.65 Å². The van der Waals surface area contributed by atoms with Gasteiger partial charge in [0.25, 0.3) is 0 Å². The van der Waals surface area contributed by atoms with E-state index in [0.717, 1.165) is 5.56 Å². The van der Waals surface area contributed by atoms with Crippen LogP contribution in [0.2, 0.25) is 5.02 Å². The lowest BCUT2D eigenvalue weighted by Gasteiger charge is -2.10. The van der Waals surface area contributed by atoms with E-state index in [9.17, 15) is 9.90 Å². The van der Waals surface area contributed by atoms with Crippen LogP contribution < -0.4 is 0 Å². The maximum absolute atomic E-state index is 11.9. The van der Waals surface area contributed by atoms with Gasteiger partial charge in [-0.05, 0) is 31.5 Å². The Morgan fingerprint density at radius 1 is 1.33 bits per heavy atom. The molecule has 2 aromatic heterocycles. The molecular formula is C17H16ClN3O3. The summed E-state index contributed by atoms with van der Waals surface area (Å²) in [6, 6.07) is 7.36. The van der Waals surface area contributed by atoms with E-state index < -0.39 is 5.97 Å². The van der Waals surface area contributed by atoms with Gasteiger partial charge < -0.3 is 9.84 Å². The quantitative estimate of drug-likeness (QED) is 0.735. The van der Waals surface area contributed by atoms with E-state index >= 15 is 0 Å². The van der Waals surface area contributed by atoms with E-state index in [1.807, 2.05) is 12.1 Å². The first-order valence-corrected chi connectivity index (χ1v) is 7.86. The van der Waals surface area contributed by atoms with Gasteiger partial charge in [-0.3, -0.25) is 0 Å². The van der Waals surface area contributed by atoms with Crippen molar-refractivity contribution in [3.63, 3.8) is 0 Å². The minimum Gasteiger partial charge on any atom is -0.493 e. The summed E-state index contributed by atoms with van der Waals surface area (Å²) in [6.45, 7) is 3.77. The second kappa shape index (κ2) is 6.49. The highest BCUT2D eigenvalue weighted by molar-refractivity contribution is 6.30. The SMILES string of the molecule is CCOC(=O)c1cnn2c(O)c(Cc3ccc(Cl)cc3)c(C)nc12. The summed E-state index contributed by atoms with van der Waals surface area (Å²) in [5.74, 6) is -0.549. The van der Waals surface area contributed by atoms with Crippen molar-refractivity contribution in [2.75, 3.05) is 6.61 Å². The summed E-state index contributed by atoms with van der Waals surface area (Å²) in [4.78, 5) is 16.4. The number of rotatable bonds is 4. The predicted octanol–water partition coefficient (Wildman–Crippen LogP) is 3.16. The monoisotopic (exact) mass is 345 g/mol. The van der Waals surface area contributed by atoms with E-state index in [0.29, 0.717) is 22.7 Å².